The number of hydrogen-bond donors (Lipinski definition) is 0. The number of ether oxygens (including phenoxy) is 1. The highest BCUT2D eigenvalue weighted by Gasteiger charge is 2.19. The highest BCUT2D eigenvalue weighted by Crippen LogP contribution is 2.18. The molecule has 2 rings (SSSR count). The van der Waals surface area contributed by atoms with Gasteiger partial charge in [0.25, 0.3) is 0 Å². The van der Waals surface area contributed by atoms with Gasteiger partial charge in [0.15, 0.2) is 11.6 Å². The summed E-state index contributed by atoms with van der Waals surface area (Å²) in [4.78, 5) is 35.7. The molecule has 118 valence electrons. The van der Waals surface area contributed by atoms with Crippen molar-refractivity contribution in [1.82, 2.24) is 0 Å². The number of ketones is 2. The Morgan fingerprint density at radius 1 is 0.913 bits per heavy atom. The molecule has 4 nitrogen and oxygen atoms in total. The van der Waals surface area contributed by atoms with Crippen LogP contribution in [-0.4, -0.2) is 24.1 Å². The number of carbonyl (C=O) groups excluding carboxylic acids is 3. The van der Waals surface area contributed by atoms with Gasteiger partial charge in [-0.2, -0.15) is 0 Å². The molecule has 0 aliphatic carbocycles. The second kappa shape index (κ2) is 7.01. The van der Waals surface area contributed by atoms with Crippen LogP contribution in [0.4, 0.5) is 0 Å². The zero-order chi connectivity index (χ0) is 17.0. The van der Waals surface area contributed by atoms with E-state index in [2.05, 4.69) is 0 Å². The summed E-state index contributed by atoms with van der Waals surface area (Å²) in [6.07, 6.45) is 0. The van der Waals surface area contributed by atoms with Gasteiger partial charge in [-0.1, -0.05) is 30.3 Å². The van der Waals surface area contributed by atoms with Crippen molar-refractivity contribution in [3.05, 3.63) is 70.3 Å². The Labute approximate surface area is 135 Å². The molecule has 23 heavy (non-hydrogen) atoms. The Balaban J connectivity index is 2.35. The molecule has 2 aromatic carbocycles. The van der Waals surface area contributed by atoms with E-state index >= 15 is 0 Å². The van der Waals surface area contributed by atoms with Gasteiger partial charge in [0, 0.05) is 11.1 Å². The largest absolute Gasteiger partial charge is 0.454 e. The minimum atomic E-state index is -0.673. The number of Topliss-reactive ketones (excluding diaryl/α,β-unsaturated/α-hetero) is 1. The maximum absolute atomic E-state index is 12.7. The molecule has 0 heterocycles. The van der Waals surface area contributed by atoms with Crippen molar-refractivity contribution < 1.29 is 19.1 Å². The second-order valence-corrected chi connectivity index (χ2v) is 5.45. The normalized spacial score (nSPS) is 10.2. The van der Waals surface area contributed by atoms with E-state index in [9.17, 15) is 14.4 Å². The molecular weight excluding hydrogens is 292 g/mol. The van der Waals surface area contributed by atoms with Crippen molar-refractivity contribution in [3.63, 3.8) is 0 Å². The summed E-state index contributed by atoms with van der Waals surface area (Å²) in [5.41, 5.74) is 3.05. The summed E-state index contributed by atoms with van der Waals surface area (Å²) in [6, 6.07) is 11.9. The number of hydrogen-bond acceptors (Lipinski definition) is 4. The van der Waals surface area contributed by atoms with E-state index in [0.29, 0.717) is 5.56 Å². The molecule has 0 N–H and O–H groups in total. The Kier molecular flexibility index (Phi) is 5.06. The molecule has 0 aliphatic heterocycles. The lowest BCUT2D eigenvalue weighted by atomic mass is 9.96. The molecule has 0 fully saturated rings. The number of benzene rings is 2. The average molecular weight is 310 g/mol. The van der Waals surface area contributed by atoms with Crippen LogP contribution in [0, 0.1) is 13.8 Å². The molecule has 0 aromatic heterocycles. The van der Waals surface area contributed by atoms with Crippen molar-refractivity contribution in [2.45, 2.75) is 20.8 Å². The van der Waals surface area contributed by atoms with Gasteiger partial charge < -0.3 is 4.74 Å². The molecule has 2 aromatic rings. The Morgan fingerprint density at radius 3 is 2.17 bits per heavy atom. The molecule has 0 aliphatic rings. The monoisotopic (exact) mass is 310 g/mol. The van der Waals surface area contributed by atoms with Crippen LogP contribution in [0.25, 0.3) is 0 Å². The third kappa shape index (κ3) is 3.92. The smallest absolute Gasteiger partial charge is 0.339 e. The van der Waals surface area contributed by atoms with Crippen LogP contribution in [0.3, 0.4) is 0 Å². The first-order valence-corrected chi connectivity index (χ1v) is 7.27. The average Bonchev–Trinajstić information content (AvgIpc) is 2.54. The van der Waals surface area contributed by atoms with Crippen LogP contribution < -0.4 is 0 Å². The standard InChI is InChI=1S/C19H18O4/c1-12-8-9-15(10-13(12)2)18(21)16-6-4-5-7-17(16)19(22)23-11-14(3)20/h4-10H,11H2,1-3H3. The Morgan fingerprint density at radius 2 is 1.57 bits per heavy atom. The van der Waals surface area contributed by atoms with E-state index in [1.54, 1.807) is 30.3 Å². The maximum Gasteiger partial charge on any atom is 0.339 e. The van der Waals surface area contributed by atoms with Crippen molar-refractivity contribution in [3.8, 4) is 0 Å². The first kappa shape index (κ1) is 16.6. The third-order valence-electron chi connectivity index (χ3n) is 3.57. The molecule has 0 unspecified atom stereocenters. The van der Waals surface area contributed by atoms with E-state index in [1.165, 1.54) is 13.0 Å². The summed E-state index contributed by atoms with van der Waals surface area (Å²) in [5, 5.41) is 0. The van der Waals surface area contributed by atoms with Gasteiger partial charge in [0.05, 0.1) is 5.56 Å². The fraction of sp³-hybridized carbons (Fsp3) is 0.211. The molecule has 0 saturated heterocycles. The molecule has 0 atom stereocenters. The zero-order valence-corrected chi connectivity index (χ0v) is 13.4. The number of rotatable bonds is 5. The molecule has 0 saturated carbocycles. The second-order valence-electron chi connectivity index (χ2n) is 5.45. The van der Waals surface area contributed by atoms with E-state index < -0.39 is 5.97 Å². The van der Waals surface area contributed by atoms with Gasteiger partial charge >= 0.3 is 5.97 Å². The fourth-order valence-corrected chi connectivity index (χ4v) is 2.14. The lowest BCUT2D eigenvalue weighted by molar-refractivity contribution is -0.120. The maximum atomic E-state index is 12.7. The Bertz CT molecular complexity index is 775. The quantitative estimate of drug-likeness (QED) is 0.628. The fourth-order valence-electron chi connectivity index (χ4n) is 2.14. The van der Waals surface area contributed by atoms with Crippen molar-refractivity contribution in [2.24, 2.45) is 0 Å². The number of carbonyl (C=O) groups is 3. The van der Waals surface area contributed by atoms with Crippen LogP contribution in [0.1, 0.15) is 44.3 Å². The summed E-state index contributed by atoms with van der Waals surface area (Å²) < 4.78 is 4.92. The SMILES string of the molecule is CC(=O)COC(=O)c1ccccc1C(=O)c1ccc(C)c(C)c1. The molecule has 0 spiro atoms. The van der Waals surface area contributed by atoms with Crippen LogP contribution >= 0.6 is 0 Å². The first-order valence-electron chi connectivity index (χ1n) is 7.27. The molecule has 4 heteroatoms. The van der Waals surface area contributed by atoms with E-state index in [-0.39, 0.29) is 29.3 Å². The lowest BCUT2D eigenvalue weighted by Gasteiger charge is -2.09. The predicted molar refractivity (Wildman–Crippen MR) is 86.8 cm³/mol. The molecule has 0 radical (unpaired) electrons. The molecule has 0 amide bonds. The lowest BCUT2D eigenvalue weighted by Crippen LogP contribution is -2.15. The van der Waals surface area contributed by atoms with Gasteiger partial charge in [0.2, 0.25) is 0 Å². The van der Waals surface area contributed by atoms with Crippen molar-refractivity contribution in [2.75, 3.05) is 6.61 Å². The number of esters is 1. The first-order chi connectivity index (χ1) is 10.9. The predicted octanol–water partition coefficient (Wildman–Crippen LogP) is 3.28. The molecule has 0 bridgehead atoms. The van der Waals surface area contributed by atoms with Crippen molar-refractivity contribution >= 4 is 17.5 Å². The third-order valence-corrected chi connectivity index (χ3v) is 3.57. The van der Waals surface area contributed by atoms with Gasteiger partial charge in [0.1, 0.15) is 6.61 Å². The summed E-state index contributed by atoms with van der Waals surface area (Å²) in [5.74, 6) is -1.17. The summed E-state index contributed by atoms with van der Waals surface area (Å²) in [7, 11) is 0. The minimum Gasteiger partial charge on any atom is -0.454 e. The van der Waals surface area contributed by atoms with E-state index in [0.717, 1.165) is 11.1 Å². The Hall–Kier alpha value is -2.75. The van der Waals surface area contributed by atoms with Crippen molar-refractivity contribution in [1.29, 1.82) is 0 Å². The minimum absolute atomic E-state index is 0.164. The van der Waals surface area contributed by atoms with Gasteiger partial charge in [-0.25, -0.2) is 4.79 Å². The van der Waals surface area contributed by atoms with Gasteiger partial charge in [-0.3, -0.25) is 9.59 Å². The highest BCUT2D eigenvalue weighted by atomic mass is 16.5. The van der Waals surface area contributed by atoms with Crippen LogP contribution in [-0.2, 0) is 9.53 Å². The zero-order valence-electron chi connectivity index (χ0n) is 13.4. The van der Waals surface area contributed by atoms with Gasteiger partial charge in [-0.05, 0) is 44.0 Å². The van der Waals surface area contributed by atoms with Crippen LogP contribution in [0.15, 0.2) is 42.5 Å². The highest BCUT2D eigenvalue weighted by molar-refractivity contribution is 6.14. The van der Waals surface area contributed by atoms with E-state index in [1.807, 2.05) is 19.9 Å². The van der Waals surface area contributed by atoms with Crippen LogP contribution in [0.2, 0.25) is 0 Å². The van der Waals surface area contributed by atoms with Gasteiger partial charge in [-0.15, -0.1) is 0 Å². The summed E-state index contributed by atoms with van der Waals surface area (Å²) in [6.45, 7) is 4.93. The molecular formula is C19H18O4. The number of aryl methyl sites for hydroxylation is 2. The topological polar surface area (TPSA) is 60.4 Å². The summed E-state index contributed by atoms with van der Waals surface area (Å²) >= 11 is 0. The van der Waals surface area contributed by atoms with E-state index in [4.69, 9.17) is 4.74 Å². The van der Waals surface area contributed by atoms with Crippen LogP contribution in [0.5, 0.6) is 0 Å².